The molecule has 0 radical (unpaired) electrons. The van der Waals surface area contributed by atoms with Crippen molar-refractivity contribution in [3.63, 3.8) is 0 Å². The van der Waals surface area contributed by atoms with Crippen molar-refractivity contribution in [2.45, 2.75) is 52.6 Å². The summed E-state index contributed by atoms with van der Waals surface area (Å²) in [5.74, 6) is -0.0321. The number of amides is 1. The number of hydrogen-bond acceptors (Lipinski definition) is 3. The third kappa shape index (κ3) is 5.31. The molecule has 0 saturated carbocycles. The van der Waals surface area contributed by atoms with E-state index in [1.165, 1.54) is 0 Å². The van der Waals surface area contributed by atoms with E-state index in [-0.39, 0.29) is 42.8 Å². The molecule has 0 bridgehead atoms. The number of aromatic nitrogens is 2. The summed E-state index contributed by atoms with van der Waals surface area (Å²) in [5.41, 5.74) is 7.40. The topological polar surface area (TPSA) is 72.9 Å². The van der Waals surface area contributed by atoms with E-state index in [2.05, 4.69) is 10.4 Å². The molecule has 1 heterocycles. The number of aryl methyl sites for hydroxylation is 2. The number of carbonyl (C=O) groups is 1. The quantitative estimate of drug-likeness (QED) is 0.840. The van der Waals surface area contributed by atoms with E-state index >= 15 is 0 Å². The molecule has 0 fully saturated rings. The maximum Gasteiger partial charge on any atom is 0.242 e. The fourth-order valence-corrected chi connectivity index (χ4v) is 2.07. The maximum atomic E-state index is 12.0. The molecule has 0 atom stereocenters. The van der Waals surface area contributed by atoms with Crippen molar-refractivity contribution in [2.75, 3.05) is 6.54 Å². The number of halogens is 2. The van der Waals surface area contributed by atoms with Crippen LogP contribution in [0.4, 0.5) is 0 Å². The molecule has 0 unspecified atom stereocenters. The first kappa shape index (κ1) is 21.5. The predicted molar refractivity (Wildman–Crippen MR) is 86.7 cm³/mol. The van der Waals surface area contributed by atoms with Gasteiger partial charge in [0.15, 0.2) is 0 Å². The highest BCUT2D eigenvalue weighted by Gasteiger charge is 2.26. The molecule has 1 amide bonds. The lowest BCUT2D eigenvalue weighted by Crippen LogP contribution is -2.53. The van der Waals surface area contributed by atoms with Crippen LogP contribution in [0.5, 0.6) is 0 Å². The van der Waals surface area contributed by atoms with Crippen LogP contribution in [-0.2, 0) is 11.3 Å². The van der Waals surface area contributed by atoms with E-state index < -0.39 is 0 Å². The zero-order valence-electron chi connectivity index (χ0n) is 12.6. The SMILES string of the molecule is CCC(CC)(CN)NC(=O)Cn1nc(C)cc1C.Cl.Cl. The van der Waals surface area contributed by atoms with Gasteiger partial charge in [-0.05, 0) is 32.8 Å². The monoisotopic (exact) mass is 324 g/mol. The summed E-state index contributed by atoms with van der Waals surface area (Å²) in [7, 11) is 0. The first-order valence-electron chi connectivity index (χ1n) is 6.48. The summed E-state index contributed by atoms with van der Waals surface area (Å²) in [6, 6.07) is 1.96. The Balaban J connectivity index is 0. The summed E-state index contributed by atoms with van der Waals surface area (Å²) in [5, 5.41) is 7.32. The highest BCUT2D eigenvalue weighted by molar-refractivity contribution is 5.85. The van der Waals surface area contributed by atoms with Gasteiger partial charge >= 0.3 is 0 Å². The van der Waals surface area contributed by atoms with Crippen LogP contribution < -0.4 is 11.1 Å². The van der Waals surface area contributed by atoms with Crippen LogP contribution >= 0.6 is 24.8 Å². The Kier molecular flexibility index (Phi) is 9.91. The standard InChI is InChI=1S/C13H24N4O.2ClH/c1-5-13(6-2,9-14)15-12(18)8-17-11(4)7-10(3)16-17;;/h7H,5-6,8-9,14H2,1-4H3,(H,15,18);2*1H. The van der Waals surface area contributed by atoms with Crippen LogP contribution in [0.25, 0.3) is 0 Å². The van der Waals surface area contributed by atoms with Crippen LogP contribution in [0.2, 0.25) is 0 Å². The van der Waals surface area contributed by atoms with Gasteiger partial charge in [0.25, 0.3) is 0 Å². The lowest BCUT2D eigenvalue weighted by molar-refractivity contribution is -0.123. The Bertz CT molecular complexity index is 408. The second kappa shape index (κ2) is 9.21. The Hall–Kier alpha value is -0.780. The van der Waals surface area contributed by atoms with Crippen molar-refractivity contribution in [1.29, 1.82) is 0 Å². The molecule has 0 aliphatic heterocycles. The van der Waals surface area contributed by atoms with Gasteiger partial charge in [-0.3, -0.25) is 9.48 Å². The molecule has 1 aromatic rings. The molecule has 0 aliphatic rings. The van der Waals surface area contributed by atoms with E-state index in [9.17, 15) is 4.79 Å². The Morgan fingerprint density at radius 1 is 1.35 bits per heavy atom. The van der Waals surface area contributed by atoms with Crippen molar-refractivity contribution < 1.29 is 4.79 Å². The van der Waals surface area contributed by atoms with E-state index in [4.69, 9.17) is 5.73 Å². The first-order chi connectivity index (χ1) is 8.46. The first-order valence-corrected chi connectivity index (χ1v) is 6.48. The summed E-state index contributed by atoms with van der Waals surface area (Å²) < 4.78 is 1.72. The van der Waals surface area contributed by atoms with E-state index in [1.807, 2.05) is 33.8 Å². The van der Waals surface area contributed by atoms with Gasteiger partial charge in [-0.1, -0.05) is 13.8 Å². The van der Waals surface area contributed by atoms with Crippen molar-refractivity contribution in [3.8, 4) is 0 Å². The minimum atomic E-state index is -0.285. The number of carbonyl (C=O) groups excluding carboxylic acids is 1. The van der Waals surface area contributed by atoms with E-state index in [0.29, 0.717) is 6.54 Å². The normalized spacial score (nSPS) is 10.4. The lowest BCUT2D eigenvalue weighted by Gasteiger charge is -2.31. The molecule has 5 nitrogen and oxygen atoms in total. The van der Waals surface area contributed by atoms with Crippen LogP contribution in [0.1, 0.15) is 38.1 Å². The highest BCUT2D eigenvalue weighted by atomic mass is 35.5. The molecular weight excluding hydrogens is 299 g/mol. The van der Waals surface area contributed by atoms with E-state index in [0.717, 1.165) is 24.2 Å². The van der Waals surface area contributed by atoms with Crippen LogP contribution in [0.15, 0.2) is 6.07 Å². The Morgan fingerprint density at radius 3 is 2.25 bits per heavy atom. The summed E-state index contributed by atoms with van der Waals surface area (Å²) >= 11 is 0. The van der Waals surface area contributed by atoms with Gasteiger partial charge in [-0.25, -0.2) is 0 Å². The molecule has 7 heteroatoms. The van der Waals surface area contributed by atoms with Gasteiger partial charge in [0.2, 0.25) is 5.91 Å². The third-order valence-corrected chi connectivity index (χ3v) is 3.55. The molecule has 0 saturated heterocycles. The third-order valence-electron chi connectivity index (χ3n) is 3.55. The zero-order valence-corrected chi connectivity index (χ0v) is 14.2. The molecule has 0 spiro atoms. The second-order valence-electron chi connectivity index (χ2n) is 4.82. The lowest BCUT2D eigenvalue weighted by atomic mass is 9.93. The van der Waals surface area contributed by atoms with Crippen LogP contribution in [0, 0.1) is 13.8 Å². The number of nitrogens with two attached hydrogens (primary N) is 1. The molecule has 1 aromatic heterocycles. The van der Waals surface area contributed by atoms with Gasteiger partial charge in [0.05, 0.1) is 11.2 Å². The van der Waals surface area contributed by atoms with Gasteiger partial charge in [-0.15, -0.1) is 24.8 Å². The van der Waals surface area contributed by atoms with Crippen LogP contribution in [-0.4, -0.2) is 27.8 Å². The molecule has 118 valence electrons. The van der Waals surface area contributed by atoms with Gasteiger partial charge in [0, 0.05) is 12.2 Å². The number of rotatable bonds is 6. The Labute approximate surface area is 133 Å². The van der Waals surface area contributed by atoms with Crippen molar-refractivity contribution in [2.24, 2.45) is 5.73 Å². The molecule has 0 aromatic carbocycles. The Morgan fingerprint density at radius 2 is 1.90 bits per heavy atom. The minimum absolute atomic E-state index is 0. The zero-order chi connectivity index (χ0) is 13.8. The molecular formula is C13H26Cl2N4O. The summed E-state index contributed by atoms with van der Waals surface area (Å²) in [6.07, 6.45) is 1.67. The fourth-order valence-electron chi connectivity index (χ4n) is 2.07. The summed E-state index contributed by atoms with van der Waals surface area (Å²) in [4.78, 5) is 12.0. The number of hydrogen-bond donors (Lipinski definition) is 2. The number of nitrogens with one attached hydrogen (secondary N) is 1. The number of nitrogens with zero attached hydrogens (tertiary/aromatic N) is 2. The highest BCUT2D eigenvalue weighted by Crippen LogP contribution is 2.13. The van der Waals surface area contributed by atoms with Crippen LogP contribution in [0.3, 0.4) is 0 Å². The summed E-state index contributed by atoms with van der Waals surface area (Å²) in [6.45, 7) is 8.66. The van der Waals surface area contributed by atoms with Gasteiger partial charge in [-0.2, -0.15) is 5.10 Å². The molecule has 0 aliphatic carbocycles. The minimum Gasteiger partial charge on any atom is -0.348 e. The van der Waals surface area contributed by atoms with Crippen molar-refractivity contribution in [1.82, 2.24) is 15.1 Å². The molecule has 3 N–H and O–H groups in total. The second-order valence-corrected chi connectivity index (χ2v) is 4.82. The van der Waals surface area contributed by atoms with Crippen molar-refractivity contribution >= 4 is 30.7 Å². The smallest absolute Gasteiger partial charge is 0.242 e. The average molecular weight is 325 g/mol. The maximum absolute atomic E-state index is 12.0. The average Bonchev–Trinajstić information content (AvgIpc) is 2.65. The molecule has 20 heavy (non-hydrogen) atoms. The van der Waals surface area contributed by atoms with E-state index in [1.54, 1.807) is 4.68 Å². The largest absolute Gasteiger partial charge is 0.348 e. The predicted octanol–water partition coefficient (Wildman–Crippen LogP) is 1.98. The van der Waals surface area contributed by atoms with Crippen molar-refractivity contribution in [3.05, 3.63) is 17.5 Å². The van der Waals surface area contributed by atoms with Gasteiger partial charge in [0.1, 0.15) is 6.54 Å². The fraction of sp³-hybridized carbons (Fsp3) is 0.692. The molecule has 1 rings (SSSR count). The van der Waals surface area contributed by atoms with Gasteiger partial charge < -0.3 is 11.1 Å².